The molecule has 2 bridgehead atoms. The number of fused-ring (bicyclic) bond motifs is 2. The molecular weight excluding hydrogens is 260 g/mol. The number of hydrogen-bond acceptors (Lipinski definition) is 5. The Kier molecular flexibility index (Phi) is 3.04. The Bertz CT molecular complexity index is 496. The largest absolute Gasteiger partial charge is 0.429 e. The van der Waals surface area contributed by atoms with Gasteiger partial charge in [-0.25, -0.2) is 14.6 Å². The third-order valence-electron chi connectivity index (χ3n) is 5.32. The van der Waals surface area contributed by atoms with E-state index in [0.717, 1.165) is 6.42 Å². The van der Waals surface area contributed by atoms with Crippen molar-refractivity contribution < 1.29 is 24.4 Å². The third kappa shape index (κ3) is 1.84. The molecule has 1 saturated heterocycles. The van der Waals surface area contributed by atoms with E-state index in [9.17, 15) is 9.90 Å². The average Bonchev–Trinajstić information content (AvgIpc) is 2.72. The molecule has 0 spiro atoms. The molecule has 4 rings (SSSR count). The van der Waals surface area contributed by atoms with E-state index >= 15 is 0 Å². The zero-order valence-corrected chi connectivity index (χ0v) is 12.0. The van der Waals surface area contributed by atoms with Gasteiger partial charge in [0, 0.05) is 11.0 Å². The Labute approximate surface area is 118 Å². The number of hydrogen-bond donors (Lipinski definition) is 1. The van der Waals surface area contributed by atoms with E-state index in [-0.39, 0.29) is 17.4 Å². The molecule has 0 unspecified atom stereocenters. The van der Waals surface area contributed by atoms with Crippen molar-refractivity contribution in [3.05, 3.63) is 23.8 Å². The molecule has 5 atom stereocenters. The Morgan fingerprint density at radius 3 is 2.65 bits per heavy atom. The third-order valence-corrected chi connectivity index (χ3v) is 5.32. The lowest BCUT2D eigenvalue weighted by molar-refractivity contribution is -0.437. The second kappa shape index (κ2) is 4.41. The standard InChI is InChI=1S/C15H20O5/c1-9-11-5-7-15(3,20-19-11)14(9,2)6-4-10-8-12(16)18-13(10)17/h5,7-9,11-12,16H,4,6H2,1-3H3/t9-,11-,12+,14+,15+/m1/s1. The van der Waals surface area contributed by atoms with Crippen molar-refractivity contribution in [2.24, 2.45) is 11.3 Å². The normalized spacial score (nSPS) is 46.5. The van der Waals surface area contributed by atoms with Gasteiger partial charge in [0.2, 0.25) is 6.29 Å². The van der Waals surface area contributed by atoms with Gasteiger partial charge in [-0.15, -0.1) is 0 Å². The molecule has 1 aliphatic carbocycles. The van der Waals surface area contributed by atoms with Gasteiger partial charge in [0.15, 0.2) is 0 Å². The van der Waals surface area contributed by atoms with Gasteiger partial charge in [-0.3, -0.25) is 0 Å². The Hall–Kier alpha value is -1.17. The fraction of sp³-hybridized carbons (Fsp3) is 0.667. The predicted octanol–water partition coefficient (Wildman–Crippen LogP) is 1.87. The number of cyclic esters (lactones) is 1. The molecule has 5 heteroatoms. The molecule has 0 aromatic rings. The van der Waals surface area contributed by atoms with Crippen molar-refractivity contribution in [1.82, 2.24) is 0 Å². The highest BCUT2D eigenvalue weighted by Gasteiger charge is 2.57. The zero-order chi connectivity index (χ0) is 14.5. The lowest BCUT2D eigenvalue weighted by Crippen LogP contribution is -2.59. The van der Waals surface area contributed by atoms with Crippen LogP contribution in [-0.2, 0) is 19.3 Å². The van der Waals surface area contributed by atoms with Crippen LogP contribution in [0.3, 0.4) is 0 Å². The Balaban J connectivity index is 1.78. The highest BCUT2D eigenvalue weighted by atomic mass is 17.2. The number of ether oxygens (including phenoxy) is 1. The molecule has 0 amide bonds. The zero-order valence-electron chi connectivity index (χ0n) is 12.0. The van der Waals surface area contributed by atoms with Crippen molar-refractivity contribution in [1.29, 1.82) is 0 Å². The van der Waals surface area contributed by atoms with Gasteiger partial charge in [0.25, 0.3) is 0 Å². The smallest absolute Gasteiger partial charge is 0.336 e. The molecule has 3 heterocycles. The van der Waals surface area contributed by atoms with E-state index in [4.69, 9.17) is 14.5 Å². The lowest BCUT2D eigenvalue weighted by atomic mass is 9.58. The van der Waals surface area contributed by atoms with Crippen LogP contribution in [0.25, 0.3) is 0 Å². The second-order valence-electron chi connectivity index (χ2n) is 6.30. The Morgan fingerprint density at radius 2 is 2.15 bits per heavy atom. The fourth-order valence-corrected chi connectivity index (χ4v) is 3.36. The van der Waals surface area contributed by atoms with E-state index in [0.29, 0.717) is 12.0 Å². The van der Waals surface area contributed by atoms with Crippen molar-refractivity contribution in [2.75, 3.05) is 0 Å². The van der Waals surface area contributed by atoms with Gasteiger partial charge in [-0.2, -0.15) is 0 Å². The van der Waals surface area contributed by atoms with Gasteiger partial charge < -0.3 is 9.84 Å². The van der Waals surface area contributed by atoms with Gasteiger partial charge in [-0.1, -0.05) is 26.0 Å². The van der Waals surface area contributed by atoms with Crippen LogP contribution >= 0.6 is 0 Å². The lowest BCUT2D eigenvalue weighted by Gasteiger charge is -2.56. The van der Waals surface area contributed by atoms with Crippen LogP contribution in [0, 0.1) is 11.3 Å². The monoisotopic (exact) mass is 280 g/mol. The van der Waals surface area contributed by atoms with Crippen LogP contribution in [0.4, 0.5) is 0 Å². The molecule has 5 nitrogen and oxygen atoms in total. The molecule has 0 radical (unpaired) electrons. The van der Waals surface area contributed by atoms with Crippen molar-refractivity contribution >= 4 is 5.97 Å². The molecule has 0 saturated carbocycles. The summed E-state index contributed by atoms with van der Waals surface area (Å²) in [5, 5.41) is 9.30. The minimum absolute atomic E-state index is 0.0445. The summed E-state index contributed by atoms with van der Waals surface area (Å²) in [7, 11) is 0. The summed E-state index contributed by atoms with van der Waals surface area (Å²) in [5.74, 6) is -0.137. The van der Waals surface area contributed by atoms with Crippen LogP contribution in [-0.4, -0.2) is 29.1 Å². The highest BCUT2D eigenvalue weighted by molar-refractivity contribution is 5.90. The van der Waals surface area contributed by atoms with E-state index in [2.05, 4.69) is 19.9 Å². The summed E-state index contributed by atoms with van der Waals surface area (Å²) < 4.78 is 4.71. The van der Waals surface area contributed by atoms with Crippen LogP contribution in [0.5, 0.6) is 0 Å². The average molecular weight is 280 g/mol. The number of aliphatic hydroxyl groups is 1. The quantitative estimate of drug-likeness (QED) is 0.486. The first-order valence-corrected chi connectivity index (χ1v) is 6.99. The van der Waals surface area contributed by atoms with Crippen LogP contribution in [0.15, 0.2) is 23.8 Å². The molecule has 4 aliphatic rings. The molecule has 0 aromatic heterocycles. The SMILES string of the molecule is C[C@@H]1[C@H]2C=C[C@](C)(OO2)[C@@]1(C)CCC1=C[C@@H](O)OC1=O. The second-order valence-corrected chi connectivity index (χ2v) is 6.30. The van der Waals surface area contributed by atoms with Crippen molar-refractivity contribution in [2.45, 2.75) is 51.6 Å². The van der Waals surface area contributed by atoms with E-state index in [1.165, 1.54) is 6.08 Å². The van der Waals surface area contributed by atoms with Crippen molar-refractivity contribution in [3.8, 4) is 0 Å². The fourth-order valence-electron chi connectivity index (χ4n) is 3.36. The minimum atomic E-state index is -1.10. The molecule has 3 aliphatic heterocycles. The summed E-state index contributed by atoms with van der Waals surface area (Å²) in [6.07, 6.45) is 5.77. The maximum Gasteiger partial charge on any atom is 0.336 e. The molecular formula is C15H20O5. The summed E-state index contributed by atoms with van der Waals surface area (Å²) >= 11 is 0. The summed E-state index contributed by atoms with van der Waals surface area (Å²) in [5.41, 5.74) is -0.0943. The first-order chi connectivity index (χ1) is 9.36. The topological polar surface area (TPSA) is 65.0 Å². The highest BCUT2D eigenvalue weighted by Crippen LogP contribution is 2.54. The summed E-state index contributed by atoms with van der Waals surface area (Å²) in [4.78, 5) is 22.5. The van der Waals surface area contributed by atoms with Crippen molar-refractivity contribution in [3.63, 3.8) is 0 Å². The van der Waals surface area contributed by atoms with Gasteiger partial charge >= 0.3 is 5.97 Å². The van der Waals surface area contributed by atoms with Crippen LogP contribution in [0.1, 0.15) is 33.6 Å². The maximum absolute atomic E-state index is 11.6. The maximum atomic E-state index is 11.6. The molecule has 110 valence electrons. The number of carbonyl (C=O) groups excluding carboxylic acids is 1. The summed E-state index contributed by atoms with van der Waals surface area (Å²) in [6, 6.07) is 0. The van der Waals surface area contributed by atoms with E-state index in [1.807, 2.05) is 13.0 Å². The number of rotatable bonds is 3. The number of esters is 1. The molecule has 20 heavy (non-hydrogen) atoms. The van der Waals surface area contributed by atoms with E-state index in [1.54, 1.807) is 0 Å². The van der Waals surface area contributed by atoms with Crippen LogP contribution in [0.2, 0.25) is 0 Å². The van der Waals surface area contributed by atoms with Gasteiger partial charge in [0.1, 0.15) is 11.7 Å². The first-order valence-electron chi connectivity index (χ1n) is 6.99. The predicted molar refractivity (Wildman–Crippen MR) is 70.2 cm³/mol. The van der Waals surface area contributed by atoms with Crippen LogP contribution < -0.4 is 0 Å². The number of aliphatic hydroxyl groups excluding tert-OH is 1. The van der Waals surface area contributed by atoms with E-state index < -0.39 is 17.9 Å². The first kappa shape index (κ1) is 13.8. The summed E-state index contributed by atoms with van der Waals surface area (Å²) in [6.45, 7) is 6.31. The van der Waals surface area contributed by atoms with Gasteiger partial charge in [0.05, 0.1) is 0 Å². The minimum Gasteiger partial charge on any atom is -0.429 e. The van der Waals surface area contributed by atoms with Gasteiger partial charge in [-0.05, 0) is 31.8 Å². The molecule has 1 fully saturated rings. The molecule has 0 aromatic carbocycles. The number of carbonyl (C=O) groups is 1. The molecule has 1 N–H and O–H groups in total. The Morgan fingerprint density at radius 1 is 1.40 bits per heavy atom.